The van der Waals surface area contributed by atoms with E-state index in [1.807, 2.05) is 6.20 Å². The van der Waals surface area contributed by atoms with E-state index in [2.05, 4.69) is 235 Å². The third-order valence-electron chi connectivity index (χ3n) is 11.3. The van der Waals surface area contributed by atoms with Crippen LogP contribution >= 0.6 is 0 Å². The summed E-state index contributed by atoms with van der Waals surface area (Å²) in [4.78, 5) is 5.00. The second kappa shape index (κ2) is 14.9. The minimum Gasteiger partial charge on any atom is -0.319 e. The predicted molar refractivity (Wildman–Crippen MR) is 234 cm³/mol. The number of nitrogens with zero attached hydrogens (tertiary/aromatic N) is 4. The van der Waals surface area contributed by atoms with Crippen LogP contribution in [0.15, 0.2) is 195 Å². The van der Waals surface area contributed by atoms with Gasteiger partial charge in [-0.25, -0.2) is 14.1 Å². The van der Waals surface area contributed by atoms with Gasteiger partial charge in [0.05, 0.1) is 5.54 Å². The molecule has 58 heavy (non-hydrogen) atoms. The molecular weight excluding hydrogens is 888 g/mol. The number of hydrogen-bond acceptors (Lipinski definition) is 1. The monoisotopic (exact) mass is 928 g/mol. The van der Waals surface area contributed by atoms with Crippen molar-refractivity contribution in [3.8, 4) is 22.6 Å². The van der Waals surface area contributed by atoms with Gasteiger partial charge in [-0.2, -0.15) is 30.3 Å². The van der Waals surface area contributed by atoms with Gasteiger partial charge in [0, 0.05) is 56.0 Å². The van der Waals surface area contributed by atoms with Gasteiger partial charge < -0.3 is 4.57 Å². The number of aromatic nitrogens is 4. The Morgan fingerprint density at radius 2 is 1.12 bits per heavy atom. The summed E-state index contributed by atoms with van der Waals surface area (Å²) < 4.78 is 6.91. The summed E-state index contributed by atoms with van der Waals surface area (Å²) in [6.07, 6.45) is 4.13. The van der Waals surface area contributed by atoms with E-state index in [0.29, 0.717) is 0 Å². The van der Waals surface area contributed by atoms with Crippen molar-refractivity contribution in [2.45, 2.75) is 31.7 Å². The smallest absolute Gasteiger partial charge is 0.188 e. The van der Waals surface area contributed by atoms with E-state index in [4.69, 9.17) is 4.98 Å². The van der Waals surface area contributed by atoms with Crippen LogP contribution in [0.5, 0.6) is 0 Å². The van der Waals surface area contributed by atoms with Crippen LogP contribution in [0.2, 0.25) is 0 Å². The molecule has 10 rings (SSSR count). The molecule has 0 amide bonds. The Morgan fingerprint density at radius 1 is 0.517 bits per heavy atom. The Morgan fingerprint density at radius 3 is 1.81 bits per heavy atom. The zero-order valence-electron chi connectivity index (χ0n) is 32.6. The fraction of sp³-hybridized carbons (Fsp3) is 0.0943. The number of pyridine rings is 1. The average Bonchev–Trinajstić information content (AvgIpc) is 3.82. The Hall–Kier alpha value is -6.35. The van der Waals surface area contributed by atoms with Crippen molar-refractivity contribution >= 4 is 32.8 Å². The number of rotatable bonds is 7. The van der Waals surface area contributed by atoms with Crippen LogP contribution in [0.3, 0.4) is 0 Å². The molecule has 0 bridgehead atoms. The second-order valence-corrected chi connectivity index (χ2v) is 15.7. The molecule has 5 heteroatoms. The Balaban J connectivity index is 0.00000436. The number of hydrogen-bond donors (Lipinski definition) is 0. The topological polar surface area (TPSA) is 27.7 Å². The van der Waals surface area contributed by atoms with Crippen LogP contribution in [0.1, 0.15) is 43.0 Å². The third-order valence-corrected chi connectivity index (χ3v) is 11.3. The number of imidazole rings is 1. The van der Waals surface area contributed by atoms with Gasteiger partial charge in [-0.05, 0) is 78.7 Å². The minimum absolute atomic E-state index is 0. The second-order valence-electron chi connectivity index (χ2n) is 15.7. The molecule has 0 N–H and O–H groups in total. The quantitative estimate of drug-likeness (QED) is 0.116. The fourth-order valence-corrected chi connectivity index (χ4v) is 8.66. The largest absolute Gasteiger partial charge is 0.319 e. The summed E-state index contributed by atoms with van der Waals surface area (Å²) in [5.74, 6) is 0.848. The maximum Gasteiger partial charge on any atom is 0.188 e. The van der Waals surface area contributed by atoms with Crippen molar-refractivity contribution in [3.63, 3.8) is 0 Å². The van der Waals surface area contributed by atoms with Gasteiger partial charge >= 0.3 is 0 Å². The summed E-state index contributed by atoms with van der Waals surface area (Å²) in [6.45, 7) is 6.75. The van der Waals surface area contributed by atoms with E-state index in [1.165, 1.54) is 5.52 Å². The normalized spacial score (nSPS) is 11.9. The van der Waals surface area contributed by atoms with Crippen molar-refractivity contribution < 1.29 is 21.1 Å². The third kappa shape index (κ3) is 6.11. The van der Waals surface area contributed by atoms with Gasteiger partial charge in [0.15, 0.2) is 17.4 Å². The first-order chi connectivity index (χ1) is 27.9. The Labute approximate surface area is 354 Å². The zero-order chi connectivity index (χ0) is 38.6. The van der Waals surface area contributed by atoms with Gasteiger partial charge in [0.2, 0.25) is 0 Å². The molecule has 0 saturated carbocycles. The molecule has 0 atom stereocenters. The van der Waals surface area contributed by atoms with E-state index in [1.54, 1.807) is 0 Å². The molecule has 10 aromatic rings. The molecular formula is C53H41N4Pt-. The first-order valence-corrected chi connectivity index (χ1v) is 19.6. The average molecular weight is 929 g/mol. The standard InChI is InChI=1S/C53H41N4.Pt/c1-52(2,3)56-37-55(48-28-15-16-29-49(48)56)44-25-17-24-42(35-44)53(40-20-9-5-10-21-40,41-22-11-6-12-23-41)43-30-31-46-45-26-13-14-27-47(45)57(50(46)36-43)51-34-39(32-33-54-51)38-18-7-4-8-19-38;/h4-34,37H,1-3H3;/q-1;. The van der Waals surface area contributed by atoms with Crippen LogP contribution in [0, 0.1) is 12.1 Å². The van der Waals surface area contributed by atoms with Crippen molar-refractivity contribution in [2.24, 2.45) is 0 Å². The molecule has 0 spiro atoms. The van der Waals surface area contributed by atoms with Crippen LogP contribution < -0.4 is 0 Å². The molecule has 0 aliphatic carbocycles. The van der Waals surface area contributed by atoms with E-state index >= 15 is 0 Å². The number of para-hydroxylation sites is 3. The molecule has 0 radical (unpaired) electrons. The predicted octanol–water partition coefficient (Wildman–Crippen LogP) is 12.6. The maximum absolute atomic E-state index is 5.00. The van der Waals surface area contributed by atoms with Gasteiger partial charge in [0.1, 0.15) is 5.82 Å². The molecule has 3 aromatic heterocycles. The number of benzene rings is 7. The van der Waals surface area contributed by atoms with Crippen LogP contribution in [0.25, 0.3) is 55.5 Å². The van der Waals surface area contributed by atoms with E-state index in [0.717, 1.165) is 72.2 Å². The van der Waals surface area contributed by atoms with Gasteiger partial charge in [0.25, 0.3) is 0 Å². The summed E-state index contributed by atoms with van der Waals surface area (Å²) in [6, 6.07) is 72.9. The van der Waals surface area contributed by atoms with Crippen LogP contribution in [-0.4, -0.2) is 18.7 Å². The van der Waals surface area contributed by atoms with E-state index in [-0.39, 0.29) is 26.6 Å². The summed E-state index contributed by atoms with van der Waals surface area (Å²) >= 11 is 0. The Bertz CT molecular complexity index is 3010. The molecule has 4 nitrogen and oxygen atoms in total. The SMILES string of the molecule is CC(C)(C)n1[cH+]n(-c2[c-]c(C(c3[c-]c4c(cc3)c3ccccc3n4-c3cc(-c4ccccc4)ccn3)(c3ccccc3)c3ccccc3)ccc2)c2ccccc21.[Pt]. The minimum atomic E-state index is -0.781. The zero-order valence-corrected chi connectivity index (χ0v) is 34.9. The molecule has 0 fully saturated rings. The maximum atomic E-state index is 5.00. The molecule has 0 aliphatic heterocycles. The molecule has 7 aromatic carbocycles. The van der Waals surface area contributed by atoms with E-state index < -0.39 is 5.41 Å². The molecule has 0 aliphatic rings. The van der Waals surface area contributed by atoms with Crippen molar-refractivity contribution in [1.82, 2.24) is 18.7 Å². The summed E-state index contributed by atoms with van der Waals surface area (Å²) in [5.41, 5.74) is 11.0. The molecule has 3 heterocycles. The van der Waals surface area contributed by atoms with Gasteiger partial charge in [-0.1, -0.05) is 121 Å². The fourth-order valence-electron chi connectivity index (χ4n) is 8.66. The van der Waals surface area contributed by atoms with Gasteiger partial charge in [-0.3, -0.25) is 0 Å². The summed E-state index contributed by atoms with van der Waals surface area (Å²) in [5, 5.41) is 2.28. The van der Waals surface area contributed by atoms with Gasteiger partial charge in [-0.15, -0.1) is 22.6 Å². The summed E-state index contributed by atoms with van der Waals surface area (Å²) in [7, 11) is 0. The van der Waals surface area contributed by atoms with Crippen LogP contribution in [0.4, 0.5) is 0 Å². The molecule has 284 valence electrons. The van der Waals surface area contributed by atoms with Crippen molar-refractivity contribution in [1.29, 1.82) is 0 Å². The van der Waals surface area contributed by atoms with Crippen LogP contribution in [-0.2, 0) is 32.0 Å². The molecule has 0 unspecified atom stereocenters. The Kier molecular flexibility index (Phi) is 9.54. The van der Waals surface area contributed by atoms with Crippen molar-refractivity contribution in [2.75, 3.05) is 0 Å². The first kappa shape index (κ1) is 37.2. The van der Waals surface area contributed by atoms with Crippen molar-refractivity contribution in [3.05, 3.63) is 229 Å². The molecule has 0 saturated heterocycles. The van der Waals surface area contributed by atoms with E-state index in [9.17, 15) is 0 Å². The number of fused-ring (bicyclic) bond motifs is 4. The first-order valence-electron chi connectivity index (χ1n) is 19.6.